The molecule has 0 aromatic heterocycles. The van der Waals surface area contributed by atoms with Gasteiger partial charge in [0.2, 0.25) is 11.7 Å². The number of carbonyl (C=O) groups excluding carboxylic acids is 1. The average Bonchev–Trinajstić information content (AvgIpc) is 2.37. The van der Waals surface area contributed by atoms with Crippen LogP contribution >= 0.6 is 0 Å². The number of halogens is 5. The van der Waals surface area contributed by atoms with Crippen molar-refractivity contribution < 1.29 is 26.7 Å². The Morgan fingerprint density at radius 1 is 0.950 bits per heavy atom. The van der Waals surface area contributed by atoms with Gasteiger partial charge in [0.1, 0.15) is 5.69 Å². The third-order valence-electron chi connectivity index (χ3n) is 2.31. The third-order valence-corrected chi connectivity index (χ3v) is 2.31. The first-order valence-corrected chi connectivity index (χ1v) is 5.80. The second kappa shape index (κ2) is 6.53. The summed E-state index contributed by atoms with van der Waals surface area (Å²) in [6.07, 6.45) is -0.169. The van der Waals surface area contributed by atoms with Gasteiger partial charge in [0, 0.05) is 19.0 Å². The quantitative estimate of drug-likeness (QED) is 0.498. The molecule has 0 heterocycles. The minimum Gasteiger partial charge on any atom is -0.380 e. The number of rotatable bonds is 5. The standard InChI is InChI=1S/C12H13F5N2O/c1-5(2)19-6(20)3-4-18-12-10(16)8(14)7(13)9(15)11(12)17/h5,18H,3-4H2,1-2H3,(H,19,20). The molecule has 0 atom stereocenters. The number of nitrogens with one attached hydrogen (secondary N) is 2. The zero-order valence-electron chi connectivity index (χ0n) is 10.8. The molecule has 0 bridgehead atoms. The molecule has 0 radical (unpaired) electrons. The first-order valence-electron chi connectivity index (χ1n) is 5.80. The van der Waals surface area contributed by atoms with Gasteiger partial charge in [-0.05, 0) is 13.8 Å². The van der Waals surface area contributed by atoms with Crippen molar-refractivity contribution in [1.29, 1.82) is 0 Å². The van der Waals surface area contributed by atoms with Gasteiger partial charge in [0.05, 0.1) is 0 Å². The Kier molecular flexibility index (Phi) is 5.29. The van der Waals surface area contributed by atoms with E-state index in [2.05, 4.69) is 5.32 Å². The molecule has 1 amide bonds. The van der Waals surface area contributed by atoms with E-state index in [0.717, 1.165) is 0 Å². The van der Waals surface area contributed by atoms with Gasteiger partial charge in [-0.25, -0.2) is 22.0 Å². The van der Waals surface area contributed by atoms with Crippen molar-refractivity contribution in [2.75, 3.05) is 11.9 Å². The summed E-state index contributed by atoms with van der Waals surface area (Å²) in [4.78, 5) is 11.3. The summed E-state index contributed by atoms with van der Waals surface area (Å²) >= 11 is 0. The van der Waals surface area contributed by atoms with Gasteiger partial charge >= 0.3 is 0 Å². The van der Waals surface area contributed by atoms with Crippen LogP contribution in [0.2, 0.25) is 0 Å². The van der Waals surface area contributed by atoms with E-state index in [-0.39, 0.29) is 19.0 Å². The Hall–Kier alpha value is -1.86. The van der Waals surface area contributed by atoms with Crippen LogP contribution in [0.25, 0.3) is 0 Å². The van der Waals surface area contributed by atoms with Gasteiger partial charge in [-0.3, -0.25) is 4.79 Å². The van der Waals surface area contributed by atoms with Gasteiger partial charge in [0.15, 0.2) is 23.3 Å². The maximum atomic E-state index is 13.3. The number of carbonyl (C=O) groups is 1. The van der Waals surface area contributed by atoms with Crippen molar-refractivity contribution in [2.45, 2.75) is 26.3 Å². The van der Waals surface area contributed by atoms with Crippen LogP contribution in [0.4, 0.5) is 27.6 Å². The molecular formula is C12H13F5N2O. The van der Waals surface area contributed by atoms with Crippen molar-refractivity contribution in [3.63, 3.8) is 0 Å². The smallest absolute Gasteiger partial charge is 0.221 e. The molecule has 8 heteroatoms. The van der Waals surface area contributed by atoms with Gasteiger partial charge < -0.3 is 10.6 Å². The van der Waals surface area contributed by atoms with E-state index in [4.69, 9.17) is 0 Å². The van der Waals surface area contributed by atoms with Crippen molar-refractivity contribution in [2.24, 2.45) is 0 Å². The molecule has 0 aliphatic heterocycles. The third kappa shape index (κ3) is 3.58. The summed E-state index contributed by atoms with van der Waals surface area (Å²) in [7, 11) is 0. The number of anilines is 1. The lowest BCUT2D eigenvalue weighted by molar-refractivity contribution is -0.121. The van der Waals surface area contributed by atoms with Crippen LogP contribution in [0.5, 0.6) is 0 Å². The minimum absolute atomic E-state index is 0.114. The Morgan fingerprint density at radius 2 is 1.40 bits per heavy atom. The van der Waals surface area contributed by atoms with Crippen LogP contribution in [-0.4, -0.2) is 18.5 Å². The molecular weight excluding hydrogens is 283 g/mol. The van der Waals surface area contributed by atoms with Crippen molar-refractivity contribution in [3.05, 3.63) is 29.1 Å². The first-order chi connectivity index (χ1) is 9.25. The summed E-state index contributed by atoms with van der Waals surface area (Å²) in [5, 5.41) is 4.55. The largest absolute Gasteiger partial charge is 0.380 e. The summed E-state index contributed by atoms with van der Waals surface area (Å²) in [5.74, 6) is -10.6. The molecule has 0 aliphatic carbocycles. The van der Waals surface area contributed by atoms with E-state index in [1.807, 2.05) is 5.32 Å². The molecule has 0 aliphatic rings. The van der Waals surface area contributed by atoms with E-state index in [0.29, 0.717) is 0 Å². The van der Waals surface area contributed by atoms with Crippen LogP contribution in [0.1, 0.15) is 20.3 Å². The molecule has 2 N–H and O–H groups in total. The molecule has 1 aromatic carbocycles. The van der Waals surface area contributed by atoms with Crippen LogP contribution < -0.4 is 10.6 Å². The van der Waals surface area contributed by atoms with E-state index in [9.17, 15) is 26.7 Å². The Labute approximate surface area is 112 Å². The molecule has 0 saturated heterocycles. The molecule has 0 unspecified atom stereocenters. The van der Waals surface area contributed by atoms with Gasteiger partial charge in [-0.15, -0.1) is 0 Å². The van der Waals surface area contributed by atoms with E-state index in [1.165, 1.54) is 0 Å². The number of benzene rings is 1. The maximum Gasteiger partial charge on any atom is 0.221 e. The zero-order valence-corrected chi connectivity index (χ0v) is 10.8. The van der Waals surface area contributed by atoms with E-state index < -0.39 is 40.7 Å². The van der Waals surface area contributed by atoms with Crippen LogP contribution in [0, 0.1) is 29.1 Å². The van der Waals surface area contributed by atoms with E-state index in [1.54, 1.807) is 13.8 Å². The predicted molar refractivity (Wildman–Crippen MR) is 62.6 cm³/mol. The second-order valence-electron chi connectivity index (χ2n) is 4.34. The molecule has 1 aromatic rings. The monoisotopic (exact) mass is 296 g/mol. The summed E-state index contributed by atoms with van der Waals surface area (Å²) < 4.78 is 65.0. The van der Waals surface area contributed by atoms with Gasteiger partial charge in [0.25, 0.3) is 0 Å². The average molecular weight is 296 g/mol. The highest BCUT2D eigenvalue weighted by Crippen LogP contribution is 2.26. The lowest BCUT2D eigenvalue weighted by Crippen LogP contribution is -2.31. The molecule has 3 nitrogen and oxygen atoms in total. The minimum atomic E-state index is -2.22. The fourth-order valence-corrected chi connectivity index (χ4v) is 1.46. The van der Waals surface area contributed by atoms with Crippen LogP contribution in [-0.2, 0) is 4.79 Å². The van der Waals surface area contributed by atoms with Gasteiger partial charge in [-0.2, -0.15) is 0 Å². The molecule has 0 fully saturated rings. The lowest BCUT2D eigenvalue weighted by atomic mass is 10.2. The number of hydrogen-bond acceptors (Lipinski definition) is 2. The van der Waals surface area contributed by atoms with Crippen LogP contribution in [0.3, 0.4) is 0 Å². The maximum absolute atomic E-state index is 13.3. The summed E-state index contributed by atoms with van der Waals surface area (Å²) in [6, 6.07) is -0.114. The van der Waals surface area contributed by atoms with Crippen molar-refractivity contribution >= 4 is 11.6 Å². The molecule has 20 heavy (non-hydrogen) atoms. The predicted octanol–water partition coefficient (Wildman–Crippen LogP) is 2.71. The lowest BCUT2D eigenvalue weighted by Gasteiger charge is -2.11. The molecule has 0 spiro atoms. The Morgan fingerprint density at radius 3 is 1.85 bits per heavy atom. The zero-order chi connectivity index (χ0) is 15.4. The number of amides is 1. The fourth-order valence-electron chi connectivity index (χ4n) is 1.46. The highest BCUT2D eigenvalue weighted by molar-refractivity contribution is 5.76. The molecule has 0 saturated carbocycles. The molecule has 1 rings (SSSR count). The molecule has 112 valence electrons. The summed E-state index contributed by atoms with van der Waals surface area (Å²) in [6.45, 7) is 3.17. The second-order valence-corrected chi connectivity index (χ2v) is 4.34. The van der Waals surface area contributed by atoms with Gasteiger partial charge in [-0.1, -0.05) is 0 Å². The Bertz CT molecular complexity index is 490. The summed E-state index contributed by atoms with van der Waals surface area (Å²) in [5.41, 5.74) is -1.14. The Balaban J connectivity index is 2.77. The van der Waals surface area contributed by atoms with Crippen molar-refractivity contribution in [3.8, 4) is 0 Å². The fraction of sp³-hybridized carbons (Fsp3) is 0.417. The first kappa shape index (κ1) is 16.2. The highest BCUT2D eigenvalue weighted by Gasteiger charge is 2.25. The van der Waals surface area contributed by atoms with Crippen molar-refractivity contribution in [1.82, 2.24) is 5.32 Å². The van der Waals surface area contributed by atoms with E-state index >= 15 is 0 Å². The van der Waals surface area contributed by atoms with Crippen LogP contribution in [0.15, 0.2) is 0 Å². The SMILES string of the molecule is CC(C)NC(=O)CCNc1c(F)c(F)c(F)c(F)c1F. The normalized spacial score (nSPS) is 10.8. The number of hydrogen-bond donors (Lipinski definition) is 2. The highest BCUT2D eigenvalue weighted by atomic mass is 19.2. The topological polar surface area (TPSA) is 41.1 Å².